The second-order valence-corrected chi connectivity index (χ2v) is 7.54. The van der Waals surface area contributed by atoms with Crippen LogP contribution in [0, 0.1) is 18.3 Å². The number of carbonyl (C=O) groups excluding carboxylic acids is 1. The van der Waals surface area contributed by atoms with Gasteiger partial charge in [-0.25, -0.2) is 0 Å². The minimum absolute atomic E-state index is 0.143. The maximum Gasteiger partial charge on any atom is 0.264 e. The van der Waals surface area contributed by atoms with E-state index in [1.807, 2.05) is 25.1 Å². The fraction of sp³-hybridized carbons (Fsp3) is 0.250. The smallest absolute Gasteiger partial charge is 0.264 e. The van der Waals surface area contributed by atoms with Crippen LogP contribution in [0.25, 0.3) is 0 Å². The van der Waals surface area contributed by atoms with E-state index >= 15 is 0 Å². The molecule has 0 radical (unpaired) electrons. The summed E-state index contributed by atoms with van der Waals surface area (Å²) in [5.41, 5.74) is 3.30. The number of carbonyl (C=O) groups is 1. The number of thiocarbonyl (C=S) groups is 1. The average molecular weight is 446 g/mol. The maximum absolute atomic E-state index is 12.1. The summed E-state index contributed by atoms with van der Waals surface area (Å²) in [5.74, 6) is 0.599. The van der Waals surface area contributed by atoms with Gasteiger partial charge in [-0.15, -0.1) is 0 Å². The second kappa shape index (κ2) is 9.49. The van der Waals surface area contributed by atoms with Gasteiger partial charge in [-0.1, -0.05) is 29.8 Å². The Balaban J connectivity index is 1.93. The van der Waals surface area contributed by atoms with E-state index in [1.54, 1.807) is 24.3 Å². The number of nitrogens with one attached hydrogen (secondary N) is 2. The van der Waals surface area contributed by atoms with Crippen molar-refractivity contribution in [2.45, 2.75) is 26.7 Å². The molecular weight excluding hydrogens is 426 g/mol. The lowest BCUT2D eigenvalue weighted by molar-refractivity contribution is -0.121. The van der Waals surface area contributed by atoms with Crippen molar-refractivity contribution in [3.8, 4) is 11.8 Å². The third-order valence-corrected chi connectivity index (χ3v) is 4.86. The summed E-state index contributed by atoms with van der Waals surface area (Å²) in [6.45, 7) is 5.97. The molecule has 0 aliphatic carbocycles. The Bertz CT molecular complexity index is 889. The summed E-state index contributed by atoms with van der Waals surface area (Å²) in [7, 11) is 0. The Morgan fingerprint density at radius 3 is 2.56 bits per heavy atom. The van der Waals surface area contributed by atoms with Crippen molar-refractivity contribution < 1.29 is 9.53 Å². The minimum atomic E-state index is -0.351. The van der Waals surface area contributed by atoms with Crippen molar-refractivity contribution in [2.24, 2.45) is 0 Å². The number of hydrogen-bond acceptors (Lipinski definition) is 4. The lowest BCUT2D eigenvalue weighted by Crippen LogP contribution is -2.37. The second-order valence-electron chi connectivity index (χ2n) is 6.27. The average Bonchev–Trinajstić information content (AvgIpc) is 2.62. The fourth-order valence-corrected chi connectivity index (χ4v) is 2.94. The van der Waals surface area contributed by atoms with Crippen LogP contribution in [-0.4, -0.2) is 17.6 Å². The maximum atomic E-state index is 12.1. The van der Waals surface area contributed by atoms with Gasteiger partial charge in [0.25, 0.3) is 5.91 Å². The van der Waals surface area contributed by atoms with Gasteiger partial charge < -0.3 is 10.1 Å². The Morgan fingerprint density at radius 2 is 1.96 bits per heavy atom. The normalized spacial score (nSPS) is 10.2. The van der Waals surface area contributed by atoms with E-state index in [1.165, 1.54) is 0 Å². The third-order valence-electron chi connectivity index (χ3n) is 3.80. The Kier molecular flexibility index (Phi) is 7.34. The first kappa shape index (κ1) is 20.9. The number of rotatable bonds is 5. The number of hydrogen-bond donors (Lipinski definition) is 2. The van der Waals surface area contributed by atoms with Crippen LogP contribution in [0.5, 0.6) is 5.75 Å². The summed E-state index contributed by atoms with van der Waals surface area (Å²) in [4.78, 5) is 12.1. The van der Waals surface area contributed by atoms with Gasteiger partial charge in [0, 0.05) is 10.2 Å². The molecule has 0 aliphatic heterocycles. The molecule has 0 saturated heterocycles. The molecule has 1 amide bonds. The first-order valence-corrected chi connectivity index (χ1v) is 9.54. The fourth-order valence-electron chi connectivity index (χ4n) is 2.34. The molecule has 0 aliphatic rings. The van der Waals surface area contributed by atoms with Crippen molar-refractivity contribution in [2.75, 3.05) is 11.9 Å². The molecule has 2 rings (SSSR count). The van der Waals surface area contributed by atoms with Crippen LogP contribution in [-0.2, 0) is 4.79 Å². The molecule has 0 bridgehead atoms. The molecule has 27 heavy (non-hydrogen) atoms. The van der Waals surface area contributed by atoms with E-state index in [2.05, 4.69) is 40.4 Å². The molecule has 0 aromatic heterocycles. The highest BCUT2D eigenvalue weighted by molar-refractivity contribution is 9.10. The SMILES string of the molecule is Cc1cc(OCC(=O)NC(=S)Nc2ccc(C#N)cc2)c(C(C)C)cc1Br. The first-order chi connectivity index (χ1) is 12.8. The molecule has 0 heterocycles. The van der Waals surface area contributed by atoms with Gasteiger partial charge >= 0.3 is 0 Å². The molecule has 2 N–H and O–H groups in total. The molecule has 0 spiro atoms. The largest absolute Gasteiger partial charge is 0.483 e. The summed E-state index contributed by atoms with van der Waals surface area (Å²) < 4.78 is 6.73. The van der Waals surface area contributed by atoms with Gasteiger partial charge in [-0.2, -0.15) is 5.26 Å². The highest BCUT2D eigenvalue weighted by atomic mass is 79.9. The van der Waals surface area contributed by atoms with E-state index in [0.717, 1.165) is 15.6 Å². The van der Waals surface area contributed by atoms with Gasteiger partial charge in [0.05, 0.1) is 11.6 Å². The van der Waals surface area contributed by atoms with E-state index in [0.29, 0.717) is 17.0 Å². The molecule has 2 aromatic carbocycles. The van der Waals surface area contributed by atoms with Crippen LogP contribution >= 0.6 is 28.1 Å². The van der Waals surface area contributed by atoms with Crippen molar-refractivity contribution >= 4 is 44.9 Å². The molecule has 0 unspecified atom stereocenters. The van der Waals surface area contributed by atoms with Crippen LogP contribution in [0.4, 0.5) is 5.69 Å². The van der Waals surface area contributed by atoms with E-state index in [9.17, 15) is 4.79 Å². The Morgan fingerprint density at radius 1 is 1.30 bits per heavy atom. The molecule has 0 fully saturated rings. The first-order valence-electron chi connectivity index (χ1n) is 8.34. The van der Waals surface area contributed by atoms with Gasteiger partial charge in [0.2, 0.25) is 0 Å². The Hall–Kier alpha value is -2.43. The van der Waals surface area contributed by atoms with Gasteiger partial charge in [0.15, 0.2) is 11.7 Å². The quantitative estimate of drug-likeness (QED) is 0.655. The topological polar surface area (TPSA) is 74.2 Å². The molecule has 0 saturated carbocycles. The van der Waals surface area contributed by atoms with Crippen LogP contribution in [0.2, 0.25) is 0 Å². The monoisotopic (exact) mass is 445 g/mol. The molecule has 7 heteroatoms. The van der Waals surface area contributed by atoms with Crippen LogP contribution in [0.1, 0.15) is 36.5 Å². The van der Waals surface area contributed by atoms with Crippen molar-refractivity contribution in [3.63, 3.8) is 0 Å². The van der Waals surface area contributed by atoms with E-state index in [4.69, 9.17) is 22.2 Å². The standard InChI is InChI=1S/C20H20BrN3O2S/c1-12(2)16-9-17(21)13(3)8-18(16)26-11-19(25)24-20(27)23-15-6-4-14(10-22)5-7-15/h4-9,12H,11H2,1-3H3,(H2,23,24,25,27). The molecule has 140 valence electrons. The number of anilines is 1. The zero-order valence-electron chi connectivity index (χ0n) is 15.3. The van der Waals surface area contributed by atoms with Crippen molar-refractivity contribution in [1.29, 1.82) is 5.26 Å². The van der Waals surface area contributed by atoms with E-state index in [-0.39, 0.29) is 23.5 Å². The predicted molar refractivity (Wildman–Crippen MR) is 114 cm³/mol. The number of amides is 1. The molecule has 0 atom stereocenters. The summed E-state index contributed by atoms with van der Waals surface area (Å²) >= 11 is 8.66. The minimum Gasteiger partial charge on any atom is -0.483 e. The van der Waals surface area contributed by atoms with Crippen molar-refractivity contribution in [3.05, 3.63) is 57.6 Å². The third kappa shape index (κ3) is 6.05. The van der Waals surface area contributed by atoms with Crippen LogP contribution < -0.4 is 15.4 Å². The number of nitriles is 1. The summed E-state index contributed by atoms with van der Waals surface area (Å²) in [5, 5.41) is 14.5. The van der Waals surface area contributed by atoms with Crippen molar-refractivity contribution in [1.82, 2.24) is 5.32 Å². The van der Waals surface area contributed by atoms with E-state index < -0.39 is 0 Å². The summed E-state index contributed by atoms with van der Waals surface area (Å²) in [6, 6.07) is 12.7. The van der Waals surface area contributed by atoms with Crippen LogP contribution in [0.15, 0.2) is 40.9 Å². The number of nitrogens with zero attached hydrogens (tertiary/aromatic N) is 1. The van der Waals surface area contributed by atoms with Gasteiger partial charge in [-0.3, -0.25) is 10.1 Å². The number of aryl methyl sites for hydroxylation is 1. The molecular formula is C20H20BrN3O2S. The number of benzene rings is 2. The number of halogens is 1. The zero-order valence-corrected chi connectivity index (χ0v) is 17.7. The number of ether oxygens (including phenoxy) is 1. The lowest BCUT2D eigenvalue weighted by atomic mass is 10.0. The van der Waals surface area contributed by atoms with Gasteiger partial charge in [-0.05, 0) is 72.6 Å². The predicted octanol–water partition coefficient (Wildman–Crippen LogP) is 4.64. The molecule has 5 nitrogen and oxygen atoms in total. The summed E-state index contributed by atoms with van der Waals surface area (Å²) in [6.07, 6.45) is 0. The van der Waals surface area contributed by atoms with Crippen LogP contribution in [0.3, 0.4) is 0 Å². The molecule has 2 aromatic rings. The highest BCUT2D eigenvalue weighted by Crippen LogP contribution is 2.32. The van der Waals surface area contributed by atoms with Gasteiger partial charge in [0.1, 0.15) is 5.75 Å². The zero-order chi connectivity index (χ0) is 20.0. The highest BCUT2D eigenvalue weighted by Gasteiger charge is 2.13. The lowest BCUT2D eigenvalue weighted by Gasteiger charge is -2.16. The Labute approximate surface area is 172 Å².